The van der Waals surface area contributed by atoms with Gasteiger partial charge in [0.25, 0.3) is 0 Å². The molecule has 1 unspecified atom stereocenters. The summed E-state index contributed by atoms with van der Waals surface area (Å²) < 4.78 is 2.31. The second-order valence-corrected chi connectivity index (χ2v) is 5.10. The molecule has 1 aliphatic heterocycles. The van der Waals surface area contributed by atoms with Gasteiger partial charge in [-0.1, -0.05) is 6.92 Å². The van der Waals surface area contributed by atoms with Crippen LogP contribution in [0.5, 0.6) is 0 Å². The molecule has 17 heavy (non-hydrogen) atoms. The number of aromatic nitrogens is 1. The number of nitrogens with one attached hydrogen (secondary N) is 1. The lowest BCUT2D eigenvalue weighted by molar-refractivity contribution is 0.169. The number of hydrogen-bond donors (Lipinski definition) is 1. The topological polar surface area (TPSA) is 20.2 Å². The Morgan fingerprint density at radius 1 is 1.29 bits per heavy atom. The SMILES string of the molecule is CCC(c1cc(C)n(C)c1C)N1CCNCC1. The Kier molecular flexibility index (Phi) is 3.89. The van der Waals surface area contributed by atoms with Gasteiger partial charge in [-0.3, -0.25) is 4.90 Å². The summed E-state index contributed by atoms with van der Waals surface area (Å²) in [6, 6.07) is 2.96. The summed E-state index contributed by atoms with van der Waals surface area (Å²) in [6.45, 7) is 11.3. The number of aryl methyl sites for hydroxylation is 1. The third kappa shape index (κ3) is 2.40. The molecule has 0 amide bonds. The van der Waals surface area contributed by atoms with Crippen molar-refractivity contribution in [2.24, 2.45) is 7.05 Å². The summed E-state index contributed by atoms with van der Waals surface area (Å²) in [5, 5.41) is 3.43. The average Bonchev–Trinajstić information content (AvgIpc) is 2.60. The Morgan fingerprint density at radius 2 is 1.94 bits per heavy atom. The molecule has 1 saturated heterocycles. The summed E-state index contributed by atoms with van der Waals surface area (Å²) in [6.07, 6.45) is 1.20. The zero-order valence-electron chi connectivity index (χ0n) is 11.6. The minimum absolute atomic E-state index is 0.594. The lowest BCUT2D eigenvalue weighted by atomic mass is 10.0. The Balaban J connectivity index is 2.24. The minimum atomic E-state index is 0.594. The molecule has 0 saturated carbocycles. The van der Waals surface area contributed by atoms with Gasteiger partial charge in [0.1, 0.15) is 0 Å². The highest BCUT2D eigenvalue weighted by Crippen LogP contribution is 2.29. The van der Waals surface area contributed by atoms with Crippen LogP contribution in [0.1, 0.15) is 36.3 Å². The van der Waals surface area contributed by atoms with Crippen molar-refractivity contribution in [3.05, 3.63) is 23.0 Å². The number of rotatable bonds is 3. The lowest BCUT2D eigenvalue weighted by Gasteiger charge is -2.34. The van der Waals surface area contributed by atoms with Crippen molar-refractivity contribution in [3.63, 3.8) is 0 Å². The number of piperazine rings is 1. The van der Waals surface area contributed by atoms with E-state index in [2.05, 4.69) is 48.7 Å². The summed E-state index contributed by atoms with van der Waals surface area (Å²) >= 11 is 0. The third-order valence-corrected chi connectivity index (χ3v) is 4.15. The highest BCUT2D eigenvalue weighted by molar-refractivity contribution is 5.29. The molecule has 1 aromatic heterocycles. The first kappa shape index (κ1) is 12.7. The highest BCUT2D eigenvalue weighted by Gasteiger charge is 2.23. The highest BCUT2D eigenvalue weighted by atomic mass is 15.2. The van der Waals surface area contributed by atoms with Gasteiger partial charge < -0.3 is 9.88 Å². The Labute approximate surface area is 105 Å². The maximum Gasteiger partial charge on any atom is 0.0364 e. The predicted molar refractivity (Wildman–Crippen MR) is 72.4 cm³/mol. The van der Waals surface area contributed by atoms with Gasteiger partial charge in [-0.2, -0.15) is 0 Å². The first-order valence-electron chi connectivity index (χ1n) is 6.72. The molecular formula is C14H25N3. The van der Waals surface area contributed by atoms with E-state index < -0.39 is 0 Å². The van der Waals surface area contributed by atoms with Gasteiger partial charge in [-0.25, -0.2) is 0 Å². The van der Waals surface area contributed by atoms with Crippen molar-refractivity contribution in [1.82, 2.24) is 14.8 Å². The smallest absolute Gasteiger partial charge is 0.0364 e. The Hall–Kier alpha value is -0.800. The molecule has 0 bridgehead atoms. The Morgan fingerprint density at radius 3 is 2.41 bits per heavy atom. The molecule has 3 heteroatoms. The maximum absolute atomic E-state index is 3.43. The van der Waals surface area contributed by atoms with Crippen LogP contribution < -0.4 is 5.32 Å². The van der Waals surface area contributed by atoms with Crippen LogP contribution in [0.2, 0.25) is 0 Å². The van der Waals surface area contributed by atoms with Gasteiger partial charge in [0.2, 0.25) is 0 Å². The van der Waals surface area contributed by atoms with Crippen LogP contribution in [-0.4, -0.2) is 35.6 Å². The summed E-state index contributed by atoms with van der Waals surface area (Å²) in [5.74, 6) is 0. The van der Waals surface area contributed by atoms with Gasteiger partial charge in [0.15, 0.2) is 0 Å². The molecular weight excluding hydrogens is 210 g/mol. The molecule has 3 nitrogen and oxygen atoms in total. The Bertz CT molecular complexity index is 375. The van der Waals surface area contributed by atoms with Crippen LogP contribution in [0.4, 0.5) is 0 Å². The molecule has 96 valence electrons. The largest absolute Gasteiger partial charge is 0.352 e. The standard InChI is InChI=1S/C14H25N3/c1-5-14(17-8-6-15-7-9-17)13-10-11(2)16(4)12(13)3/h10,14-15H,5-9H2,1-4H3. The van der Waals surface area contributed by atoms with Crippen molar-refractivity contribution in [3.8, 4) is 0 Å². The molecule has 1 aliphatic rings. The van der Waals surface area contributed by atoms with Crippen LogP contribution in [0.3, 0.4) is 0 Å². The van der Waals surface area contributed by atoms with E-state index in [0.717, 1.165) is 13.1 Å². The van der Waals surface area contributed by atoms with E-state index in [9.17, 15) is 0 Å². The van der Waals surface area contributed by atoms with Gasteiger partial charge in [-0.15, -0.1) is 0 Å². The second kappa shape index (κ2) is 5.23. The van der Waals surface area contributed by atoms with Crippen molar-refractivity contribution in [2.75, 3.05) is 26.2 Å². The third-order valence-electron chi connectivity index (χ3n) is 4.15. The molecule has 2 rings (SSSR count). The summed E-state index contributed by atoms with van der Waals surface area (Å²) in [5.41, 5.74) is 4.31. The van der Waals surface area contributed by atoms with Gasteiger partial charge in [0.05, 0.1) is 0 Å². The molecule has 1 fully saturated rings. The van der Waals surface area contributed by atoms with E-state index in [1.54, 1.807) is 0 Å². The van der Waals surface area contributed by atoms with Gasteiger partial charge >= 0.3 is 0 Å². The molecule has 1 aromatic rings. The molecule has 0 aliphatic carbocycles. The van der Waals surface area contributed by atoms with E-state index in [1.807, 2.05) is 0 Å². The first-order chi connectivity index (χ1) is 8.15. The normalized spacial score (nSPS) is 19.5. The number of nitrogens with zero attached hydrogens (tertiary/aromatic N) is 2. The fourth-order valence-electron chi connectivity index (χ4n) is 2.89. The minimum Gasteiger partial charge on any atom is -0.352 e. The van der Waals surface area contributed by atoms with Crippen LogP contribution in [0.25, 0.3) is 0 Å². The van der Waals surface area contributed by atoms with Crippen molar-refractivity contribution in [1.29, 1.82) is 0 Å². The first-order valence-corrected chi connectivity index (χ1v) is 6.72. The van der Waals surface area contributed by atoms with E-state index in [-0.39, 0.29) is 0 Å². The van der Waals surface area contributed by atoms with Crippen LogP contribution in [0, 0.1) is 13.8 Å². The predicted octanol–water partition coefficient (Wildman–Crippen LogP) is 2.00. The van der Waals surface area contributed by atoms with E-state index in [0.29, 0.717) is 6.04 Å². The zero-order chi connectivity index (χ0) is 12.4. The molecule has 0 spiro atoms. The van der Waals surface area contributed by atoms with Gasteiger partial charge in [-0.05, 0) is 31.9 Å². The van der Waals surface area contributed by atoms with Crippen LogP contribution >= 0.6 is 0 Å². The molecule has 0 radical (unpaired) electrons. The van der Waals surface area contributed by atoms with Crippen molar-refractivity contribution in [2.45, 2.75) is 33.2 Å². The average molecular weight is 235 g/mol. The van der Waals surface area contributed by atoms with E-state index >= 15 is 0 Å². The zero-order valence-corrected chi connectivity index (χ0v) is 11.6. The fourth-order valence-corrected chi connectivity index (χ4v) is 2.89. The number of hydrogen-bond acceptors (Lipinski definition) is 2. The molecule has 1 N–H and O–H groups in total. The van der Waals surface area contributed by atoms with Gasteiger partial charge in [0, 0.05) is 50.7 Å². The molecule has 1 atom stereocenters. The van der Waals surface area contributed by atoms with Crippen LogP contribution in [0.15, 0.2) is 6.07 Å². The van der Waals surface area contributed by atoms with Crippen molar-refractivity contribution >= 4 is 0 Å². The summed E-state index contributed by atoms with van der Waals surface area (Å²) in [7, 11) is 2.17. The monoisotopic (exact) mass is 235 g/mol. The van der Waals surface area contributed by atoms with E-state index in [1.165, 1.54) is 36.5 Å². The quantitative estimate of drug-likeness (QED) is 0.864. The lowest BCUT2D eigenvalue weighted by Crippen LogP contribution is -2.45. The summed E-state index contributed by atoms with van der Waals surface area (Å²) in [4.78, 5) is 2.62. The molecule has 2 heterocycles. The maximum atomic E-state index is 3.43. The fraction of sp³-hybridized carbons (Fsp3) is 0.714. The molecule has 0 aromatic carbocycles. The second-order valence-electron chi connectivity index (χ2n) is 5.10. The van der Waals surface area contributed by atoms with Crippen LogP contribution in [-0.2, 0) is 7.05 Å². The van der Waals surface area contributed by atoms with E-state index in [4.69, 9.17) is 0 Å². The van der Waals surface area contributed by atoms with Crippen molar-refractivity contribution < 1.29 is 0 Å².